The first-order valence-electron chi connectivity index (χ1n) is 10.2. The van der Waals surface area contributed by atoms with Crippen molar-refractivity contribution < 1.29 is 5.11 Å². The number of aliphatic hydroxyl groups is 1. The van der Waals surface area contributed by atoms with Crippen LogP contribution in [-0.4, -0.2) is 28.7 Å². The largest absolute Gasteiger partial charge is 0.389 e. The first-order valence-corrected chi connectivity index (χ1v) is 10.2. The molecule has 0 bridgehead atoms. The quantitative estimate of drug-likeness (QED) is 0.823. The van der Waals surface area contributed by atoms with E-state index in [9.17, 15) is 5.11 Å². The van der Waals surface area contributed by atoms with Crippen LogP contribution in [0.2, 0.25) is 0 Å². The summed E-state index contributed by atoms with van der Waals surface area (Å²) < 4.78 is 0. The average molecular weight is 335 g/mol. The van der Waals surface area contributed by atoms with Crippen LogP contribution in [0.15, 0.2) is 46.7 Å². The minimum Gasteiger partial charge on any atom is -0.389 e. The first-order chi connectivity index (χ1) is 12.2. The van der Waals surface area contributed by atoms with Gasteiger partial charge < -0.3 is 10.0 Å². The third kappa shape index (κ3) is 2.49. The number of hydrogen-bond acceptors (Lipinski definition) is 2. The van der Waals surface area contributed by atoms with Gasteiger partial charge in [0.05, 0.1) is 5.60 Å². The van der Waals surface area contributed by atoms with Crippen LogP contribution < -0.4 is 0 Å². The molecule has 1 aromatic rings. The van der Waals surface area contributed by atoms with Gasteiger partial charge in [-0.15, -0.1) is 0 Å². The smallest absolute Gasteiger partial charge is 0.0716 e. The third-order valence-electron chi connectivity index (χ3n) is 7.20. The summed E-state index contributed by atoms with van der Waals surface area (Å²) in [6.45, 7) is 4.26. The van der Waals surface area contributed by atoms with Gasteiger partial charge in [-0.05, 0) is 78.7 Å². The van der Waals surface area contributed by atoms with Crippen molar-refractivity contribution in [2.45, 2.75) is 63.9 Å². The van der Waals surface area contributed by atoms with Crippen molar-refractivity contribution in [3.05, 3.63) is 57.8 Å². The highest BCUT2D eigenvalue weighted by Crippen LogP contribution is 2.48. The Labute approximate surface area is 151 Å². The summed E-state index contributed by atoms with van der Waals surface area (Å²) in [6, 6.07) is 9.09. The monoisotopic (exact) mass is 335 g/mol. The predicted molar refractivity (Wildman–Crippen MR) is 101 cm³/mol. The molecule has 2 unspecified atom stereocenters. The van der Waals surface area contributed by atoms with Gasteiger partial charge in [-0.3, -0.25) is 0 Å². The maximum absolute atomic E-state index is 10.9. The van der Waals surface area contributed by atoms with E-state index in [1.807, 2.05) is 0 Å². The Bertz CT molecular complexity index is 774. The van der Waals surface area contributed by atoms with Crippen LogP contribution in [0, 0.1) is 5.92 Å². The first kappa shape index (κ1) is 15.7. The van der Waals surface area contributed by atoms with Crippen LogP contribution >= 0.6 is 0 Å². The molecule has 2 heteroatoms. The number of benzene rings is 1. The zero-order chi connectivity index (χ0) is 17.0. The van der Waals surface area contributed by atoms with Gasteiger partial charge in [0.2, 0.25) is 0 Å². The van der Waals surface area contributed by atoms with Crippen molar-refractivity contribution in [2.24, 2.45) is 5.92 Å². The standard InChI is InChI=1S/C23H29NO/c1-2-23(25)10-11-24-15-19-13-17-7-4-3-6-16(17)12-18-8-5-9-20(22(18)19)21(24)14-23/h3-4,6-7,18,25H,2,5,8-15H2,1H3. The normalized spacial score (nSPS) is 31.3. The van der Waals surface area contributed by atoms with Crippen LogP contribution in [0.4, 0.5) is 0 Å². The van der Waals surface area contributed by atoms with E-state index in [-0.39, 0.29) is 0 Å². The maximum Gasteiger partial charge on any atom is 0.0716 e. The Morgan fingerprint density at radius 3 is 2.92 bits per heavy atom. The Kier molecular flexibility index (Phi) is 3.60. The molecule has 1 N–H and O–H groups in total. The second kappa shape index (κ2) is 5.74. The van der Waals surface area contributed by atoms with E-state index < -0.39 is 5.60 Å². The lowest BCUT2D eigenvalue weighted by Crippen LogP contribution is -2.46. The number of piperidine rings is 1. The molecule has 2 nitrogen and oxygen atoms in total. The number of fused-ring (bicyclic) bond motifs is 2. The van der Waals surface area contributed by atoms with Gasteiger partial charge in [-0.2, -0.15) is 0 Å². The molecular formula is C23H29NO. The summed E-state index contributed by atoms with van der Waals surface area (Å²) in [5.41, 5.74) is 9.13. The van der Waals surface area contributed by atoms with E-state index in [1.165, 1.54) is 31.4 Å². The lowest BCUT2D eigenvalue weighted by Gasteiger charge is -2.47. The van der Waals surface area contributed by atoms with Crippen LogP contribution in [-0.2, 0) is 12.8 Å². The maximum atomic E-state index is 10.9. The SMILES string of the molecule is CCC1(O)CCN2CC3=C4C(=C2C1)CCCC4Cc1ccccc1C3. The van der Waals surface area contributed by atoms with Crippen molar-refractivity contribution in [1.29, 1.82) is 0 Å². The minimum absolute atomic E-state index is 0.475. The van der Waals surface area contributed by atoms with E-state index >= 15 is 0 Å². The van der Waals surface area contributed by atoms with E-state index in [0.29, 0.717) is 5.92 Å². The minimum atomic E-state index is -0.475. The molecule has 5 rings (SSSR count). The predicted octanol–water partition coefficient (Wildman–Crippen LogP) is 4.39. The van der Waals surface area contributed by atoms with Crippen molar-refractivity contribution >= 4 is 0 Å². The highest BCUT2D eigenvalue weighted by atomic mass is 16.3. The van der Waals surface area contributed by atoms with Gasteiger partial charge in [0.1, 0.15) is 0 Å². The van der Waals surface area contributed by atoms with Gasteiger partial charge in [0.15, 0.2) is 0 Å². The molecule has 1 saturated heterocycles. The summed E-state index contributed by atoms with van der Waals surface area (Å²) in [5.74, 6) is 0.702. The van der Waals surface area contributed by atoms with Crippen molar-refractivity contribution in [3.8, 4) is 0 Å². The molecular weight excluding hydrogens is 306 g/mol. The molecule has 0 aromatic heterocycles. The second-order valence-corrected chi connectivity index (χ2v) is 8.61. The Morgan fingerprint density at radius 1 is 1.24 bits per heavy atom. The molecule has 0 radical (unpaired) electrons. The fraction of sp³-hybridized carbons (Fsp3) is 0.565. The Balaban J connectivity index is 1.61. The van der Waals surface area contributed by atoms with Crippen LogP contribution in [0.25, 0.3) is 0 Å². The zero-order valence-electron chi connectivity index (χ0n) is 15.4. The number of hydrogen-bond donors (Lipinski definition) is 1. The van der Waals surface area contributed by atoms with Gasteiger partial charge in [0, 0.05) is 25.2 Å². The van der Waals surface area contributed by atoms with Gasteiger partial charge >= 0.3 is 0 Å². The third-order valence-corrected chi connectivity index (χ3v) is 7.20. The number of rotatable bonds is 1. The molecule has 2 fully saturated rings. The molecule has 2 aliphatic carbocycles. The second-order valence-electron chi connectivity index (χ2n) is 8.61. The number of allylic oxidation sites excluding steroid dienone is 2. The molecule has 2 heterocycles. The molecule has 1 saturated carbocycles. The molecule has 132 valence electrons. The van der Waals surface area contributed by atoms with Crippen LogP contribution in [0.1, 0.15) is 56.6 Å². The van der Waals surface area contributed by atoms with E-state index in [0.717, 1.165) is 38.8 Å². The van der Waals surface area contributed by atoms with E-state index in [1.54, 1.807) is 27.8 Å². The fourth-order valence-electron chi connectivity index (χ4n) is 5.71. The fourth-order valence-corrected chi connectivity index (χ4v) is 5.71. The Hall–Kier alpha value is -1.54. The summed E-state index contributed by atoms with van der Waals surface area (Å²) >= 11 is 0. The summed E-state index contributed by atoms with van der Waals surface area (Å²) in [5, 5.41) is 10.9. The lowest BCUT2D eigenvalue weighted by molar-refractivity contribution is -0.00554. The number of nitrogens with zero attached hydrogens (tertiary/aromatic N) is 1. The zero-order valence-corrected chi connectivity index (χ0v) is 15.4. The van der Waals surface area contributed by atoms with E-state index in [4.69, 9.17) is 0 Å². The molecule has 25 heavy (non-hydrogen) atoms. The van der Waals surface area contributed by atoms with Crippen molar-refractivity contribution in [2.75, 3.05) is 13.1 Å². The van der Waals surface area contributed by atoms with Crippen molar-refractivity contribution in [3.63, 3.8) is 0 Å². The Morgan fingerprint density at radius 2 is 2.08 bits per heavy atom. The van der Waals surface area contributed by atoms with Gasteiger partial charge in [0.25, 0.3) is 0 Å². The van der Waals surface area contributed by atoms with Crippen LogP contribution in [0.3, 0.4) is 0 Å². The van der Waals surface area contributed by atoms with Crippen molar-refractivity contribution in [1.82, 2.24) is 4.90 Å². The van der Waals surface area contributed by atoms with E-state index in [2.05, 4.69) is 36.1 Å². The molecule has 1 aromatic carbocycles. The summed E-state index contributed by atoms with van der Waals surface area (Å²) in [6.07, 6.45) is 8.87. The molecule has 4 aliphatic rings. The summed E-state index contributed by atoms with van der Waals surface area (Å²) in [7, 11) is 0. The van der Waals surface area contributed by atoms with Gasteiger partial charge in [-0.25, -0.2) is 0 Å². The summed E-state index contributed by atoms with van der Waals surface area (Å²) in [4.78, 5) is 2.61. The van der Waals surface area contributed by atoms with Crippen LogP contribution in [0.5, 0.6) is 0 Å². The molecule has 0 spiro atoms. The molecule has 2 atom stereocenters. The average Bonchev–Trinajstić information content (AvgIpc) is 2.80. The molecule has 0 amide bonds. The van der Waals surface area contributed by atoms with Gasteiger partial charge in [-0.1, -0.05) is 31.2 Å². The lowest BCUT2D eigenvalue weighted by atomic mass is 9.72. The molecule has 2 aliphatic heterocycles. The topological polar surface area (TPSA) is 23.5 Å². The highest BCUT2D eigenvalue weighted by Gasteiger charge is 2.41. The highest BCUT2D eigenvalue weighted by molar-refractivity contribution is 5.51.